The fourth-order valence-corrected chi connectivity index (χ4v) is 1.05. The van der Waals surface area contributed by atoms with Crippen LogP contribution >= 0.6 is 0 Å². The van der Waals surface area contributed by atoms with Gasteiger partial charge in [-0.2, -0.15) is 0 Å². The van der Waals surface area contributed by atoms with Crippen LogP contribution in [-0.2, 0) is 9.47 Å². The summed E-state index contributed by atoms with van der Waals surface area (Å²) in [6.07, 6.45) is 0.789. The van der Waals surface area contributed by atoms with Crippen LogP contribution in [0.15, 0.2) is 0 Å². The van der Waals surface area contributed by atoms with E-state index in [0.717, 1.165) is 6.42 Å². The number of ether oxygens (including phenoxy) is 2. The van der Waals surface area contributed by atoms with Gasteiger partial charge in [-0.25, -0.2) is 4.79 Å². The lowest BCUT2D eigenvalue weighted by Gasteiger charge is -2.24. The van der Waals surface area contributed by atoms with Crippen LogP contribution in [0.1, 0.15) is 41.0 Å². The van der Waals surface area contributed by atoms with Crippen molar-refractivity contribution in [2.45, 2.75) is 52.7 Å². The lowest BCUT2D eigenvalue weighted by molar-refractivity contribution is 0.0262. The van der Waals surface area contributed by atoms with Gasteiger partial charge in [-0.15, -0.1) is 0 Å². The number of rotatable bonds is 5. The molecule has 4 heteroatoms. The van der Waals surface area contributed by atoms with E-state index in [1.165, 1.54) is 0 Å². The van der Waals surface area contributed by atoms with Crippen molar-refractivity contribution in [2.75, 3.05) is 20.2 Å². The second-order valence-electron chi connectivity index (χ2n) is 5.17. The predicted molar refractivity (Wildman–Crippen MR) is 64.6 cm³/mol. The van der Waals surface area contributed by atoms with Gasteiger partial charge in [0.25, 0.3) is 0 Å². The van der Waals surface area contributed by atoms with Crippen molar-refractivity contribution in [3.8, 4) is 0 Å². The highest BCUT2D eigenvalue weighted by Gasteiger charge is 2.18. The van der Waals surface area contributed by atoms with Gasteiger partial charge in [0.05, 0.1) is 6.10 Å². The van der Waals surface area contributed by atoms with Gasteiger partial charge < -0.3 is 14.4 Å². The Kier molecular flexibility index (Phi) is 6.41. The molecule has 0 aromatic rings. The Balaban J connectivity index is 3.72. The molecule has 4 nitrogen and oxygen atoms in total. The highest BCUT2D eigenvalue weighted by atomic mass is 16.6. The zero-order valence-corrected chi connectivity index (χ0v) is 11.4. The summed E-state index contributed by atoms with van der Waals surface area (Å²) in [6, 6.07) is 0. The molecule has 0 bridgehead atoms. The Morgan fingerprint density at radius 1 is 1.31 bits per heavy atom. The summed E-state index contributed by atoms with van der Waals surface area (Å²) in [5, 5.41) is 0. The van der Waals surface area contributed by atoms with E-state index in [1.54, 1.807) is 11.9 Å². The number of hydrogen-bond acceptors (Lipinski definition) is 3. The minimum atomic E-state index is -0.431. The average Bonchev–Trinajstić information content (AvgIpc) is 2.08. The van der Waals surface area contributed by atoms with Gasteiger partial charge in [-0.3, -0.25) is 0 Å². The van der Waals surface area contributed by atoms with E-state index in [0.29, 0.717) is 13.2 Å². The first kappa shape index (κ1) is 15.2. The van der Waals surface area contributed by atoms with Crippen LogP contribution in [0.5, 0.6) is 0 Å². The molecule has 0 aliphatic carbocycles. The third kappa shape index (κ3) is 8.53. The van der Waals surface area contributed by atoms with E-state index in [1.807, 2.05) is 34.6 Å². The van der Waals surface area contributed by atoms with Crippen LogP contribution in [0.25, 0.3) is 0 Å². The SMILES string of the molecule is CC(C)OCCCN(C)C(=O)OC(C)(C)C. The third-order valence-corrected chi connectivity index (χ3v) is 1.79. The first-order valence-electron chi connectivity index (χ1n) is 5.78. The molecule has 0 radical (unpaired) electrons. The molecule has 0 rings (SSSR count). The zero-order valence-electron chi connectivity index (χ0n) is 11.4. The molecule has 0 spiro atoms. The lowest BCUT2D eigenvalue weighted by atomic mass is 10.2. The third-order valence-electron chi connectivity index (χ3n) is 1.79. The van der Waals surface area contributed by atoms with Gasteiger partial charge in [0.1, 0.15) is 5.60 Å². The second-order valence-corrected chi connectivity index (χ2v) is 5.17. The van der Waals surface area contributed by atoms with Crippen molar-refractivity contribution >= 4 is 6.09 Å². The molecule has 0 N–H and O–H groups in total. The molecule has 0 aliphatic heterocycles. The van der Waals surface area contributed by atoms with Crippen molar-refractivity contribution in [2.24, 2.45) is 0 Å². The molecule has 0 saturated carbocycles. The zero-order chi connectivity index (χ0) is 12.8. The highest BCUT2D eigenvalue weighted by Crippen LogP contribution is 2.09. The smallest absolute Gasteiger partial charge is 0.410 e. The van der Waals surface area contributed by atoms with Gasteiger partial charge in [-0.05, 0) is 41.0 Å². The molecule has 1 amide bonds. The van der Waals surface area contributed by atoms with Crippen molar-refractivity contribution in [3.05, 3.63) is 0 Å². The van der Waals surface area contributed by atoms with Crippen LogP contribution in [-0.4, -0.2) is 42.9 Å². The number of amides is 1. The molecule has 96 valence electrons. The summed E-state index contributed by atoms with van der Waals surface area (Å²) in [4.78, 5) is 13.1. The van der Waals surface area contributed by atoms with Gasteiger partial charge in [-0.1, -0.05) is 0 Å². The Morgan fingerprint density at radius 2 is 1.88 bits per heavy atom. The molecular weight excluding hydrogens is 206 g/mol. The van der Waals surface area contributed by atoms with E-state index in [4.69, 9.17) is 9.47 Å². The summed E-state index contributed by atoms with van der Waals surface area (Å²) >= 11 is 0. The van der Waals surface area contributed by atoms with E-state index < -0.39 is 5.60 Å². The molecule has 0 fully saturated rings. The fourth-order valence-electron chi connectivity index (χ4n) is 1.05. The molecule has 0 aromatic heterocycles. The standard InChI is InChI=1S/C12H25NO3/c1-10(2)15-9-7-8-13(6)11(14)16-12(3,4)5/h10H,7-9H2,1-6H3. The Hall–Kier alpha value is -0.770. The maximum atomic E-state index is 11.5. The number of carbonyl (C=O) groups excluding carboxylic acids is 1. The molecule has 0 saturated heterocycles. The van der Waals surface area contributed by atoms with Crippen molar-refractivity contribution in [1.82, 2.24) is 4.90 Å². The quantitative estimate of drug-likeness (QED) is 0.683. The summed E-state index contributed by atoms with van der Waals surface area (Å²) in [5.41, 5.74) is -0.431. The van der Waals surface area contributed by atoms with Gasteiger partial charge in [0.2, 0.25) is 0 Å². The Labute approximate surface area is 98.9 Å². The van der Waals surface area contributed by atoms with Crippen molar-refractivity contribution in [1.29, 1.82) is 0 Å². The van der Waals surface area contributed by atoms with E-state index in [-0.39, 0.29) is 12.2 Å². The highest BCUT2D eigenvalue weighted by molar-refractivity contribution is 5.67. The largest absolute Gasteiger partial charge is 0.444 e. The topological polar surface area (TPSA) is 38.8 Å². The summed E-state index contributed by atoms with van der Waals surface area (Å²) in [6.45, 7) is 10.9. The fraction of sp³-hybridized carbons (Fsp3) is 0.917. The van der Waals surface area contributed by atoms with Crippen LogP contribution in [0.3, 0.4) is 0 Å². The first-order valence-corrected chi connectivity index (χ1v) is 5.78. The van der Waals surface area contributed by atoms with E-state index >= 15 is 0 Å². The second kappa shape index (κ2) is 6.74. The molecule has 0 heterocycles. The van der Waals surface area contributed by atoms with Gasteiger partial charge >= 0.3 is 6.09 Å². The predicted octanol–water partition coefficient (Wildman–Crippen LogP) is 2.67. The minimum Gasteiger partial charge on any atom is -0.444 e. The normalized spacial score (nSPS) is 11.7. The Bertz CT molecular complexity index is 209. The van der Waals surface area contributed by atoms with Gasteiger partial charge in [0.15, 0.2) is 0 Å². The first-order chi connectivity index (χ1) is 7.22. The van der Waals surface area contributed by atoms with E-state index in [2.05, 4.69) is 0 Å². The monoisotopic (exact) mass is 231 g/mol. The van der Waals surface area contributed by atoms with Gasteiger partial charge in [0, 0.05) is 20.2 Å². The molecule has 16 heavy (non-hydrogen) atoms. The number of hydrogen-bond donors (Lipinski definition) is 0. The lowest BCUT2D eigenvalue weighted by Crippen LogP contribution is -2.35. The molecular formula is C12H25NO3. The molecule has 0 atom stereocenters. The molecule has 0 aromatic carbocycles. The van der Waals surface area contributed by atoms with E-state index in [9.17, 15) is 4.79 Å². The average molecular weight is 231 g/mol. The Morgan fingerprint density at radius 3 is 2.31 bits per heavy atom. The molecule has 0 unspecified atom stereocenters. The van der Waals surface area contributed by atoms with Crippen molar-refractivity contribution < 1.29 is 14.3 Å². The van der Waals surface area contributed by atoms with Crippen LogP contribution < -0.4 is 0 Å². The van der Waals surface area contributed by atoms with Crippen LogP contribution in [0.2, 0.25) is 0 Å². The number of nitrogens with zero attached hydrogens (tertiary/aromatic N) is 1. The molecule has 0 aliphatic rings. The van der Waals surface area contributed by atoms with Crippen LogP contribution in [0, 0.1) is 0 Å². The minimum absolute atomic E-state index is 0.242. The summed E-state index contributed by atoms with van der Waals surface area (Å²) in [5.74, 6) is 0. The summed E-state index contributed by atoms with van der Waals surface area (Å²) in [7, 11) is 1.74. The van der Waals surface area contributed by atoms with Crippen molar-refractivity contribution in [3.63, 3.8) is 0 Å². The van der Waals surface area contributed by atoms with Crippen LogP contribution in [0.4, 0.5) is 4.79 Å². The number of carbonyl (C=O) groups is 1. The summed E-state index contributed by atoms with van der Waals surface area (Å²) < 4.78 is 10.6. The maximum absolute atomic E-state index is 11.5. The maximum Gasteiger partial charge on any atom is 0.410 e.